The Morgan fingerprint density at radius 3 is 2.00 bits per heavy atom. The normalized spacial score (nSPS) is 12.0. The topological polar surface area (TPSA) is 40.5 Å². The zero-order valence-electron chi connectivity index (χ0n) is 4.19. The molecule has 0 heterocycles. The van der Waals surface area contributed by atoms with Gasteiger partial charge in [-0.3, -0.25) is 0 Å². The van der Waals surface area contributed by atoms with Crippen LogP contribution in [0.3, 0.4) is 0 Å². The molecule has 0 atom stereocenters. The molecule has 3 heteroatoms. The van der Waals surface area contributed by atoms with Gasteiger partial charge in [0.2, 0.25) is 0 Å². The van der Waals surface area contributed by atoms with Crippen molar-refractivity contribution >= 4 is 11.6 Å². The molecular weight excluding hydrogens is 115 g/mol. The van der Waals surface area contributed by atoms with E-state index in [1.807, 2.05) is 0 Å². The molecule has 0 saturated heterocycles. The summed E-state index contributed by atoms with van der Waals surface area (Å²) >= 11 is 5.09. The Morgan fingerprint density at radius 1 is 1.57 bits per heavy atom. The van der Waals surface area contributed by atoms with E-state index in [0.717, 1.165) is 0 Å². The molecule has 0 aromatic rings. The Kier molecular flexibility index (Phi) is 2.58. The molecule has 7 heavy (non-hydrogen) atoms. The van der Waals surface area contributed by atoms with E-state index in [2.05, 4.69) is 0 Å². The molecule has 0 aliphatic carbocycles. The van der Waals surface area contributed by atoms with Crippen molar-refractivity contribution in [3.05, 3.63) is 0 Å². The largest absolute Gasteiger partial charge is 0.365 e. The first kappa shape index (κ1) is 7.21. The zero-order chi connectivity index (χ0) is 5.91. The van der Waals surface area contributed by atoms with Crippen molar-refractivity contribution in [3.8, 4) is 0 Å². The van der Waals surface area contributed by atoms with Crippen LogP contribution in [-0.4, -0.2) is 21.9 Å². The first-order chi connectivity index (χ1) is 3.12. The van der Waals surface area contributed by atoms with Gasteiger partial charge in [-0.1, -0.05) is 6.92 Å². The smallest absolute Gasteiger partial charge is 0.176 e. The van der Waals surface area contributed by atoms with Crippen LogP contribution in [0.1, 0.15) is 13.3 Å². The van der Waals surface area contributed by atoms with Crippen LogP contribution in [0.4, 0.5) is 0 Å². The molecule has 0 saturated carbocycles. The van der Waals surface area contributed by atoms with Gasteiger partial charge in [0.05, 0.1) is 5.88 Å². The molecule has 0 unspecified atom stereocenters. The maximum atomic E-state index is 8.56. The van der Waals surface area contributed by atoms with Gasteiger partial charge in [0.1, 0.15) is 0 Å². The average molecular weight is 125 g/mol. The quantitative estimate of drug-likeness (QED) is 0.411. The fraction of sp³-hybridized carbons (Fsp3) is 1.00. The predicted molar refractivity (Wildman–Crippen MR) is 28.2 cm³/mol. The lowest BCUT2D eigenvalue weighted by molar-refractivity contribution is -0.142. The summed E-state index contributed by atoms with van der Waals surface area (Å²) in [5.74, 6) is -1.77. The fourth-order valence-electron chi connectivity index (χ4n) is 0.0945. The number of alkyl halides is 1. The second kappa shape index (κ2) is 2.50. The summed E-state index contributed by atoms with van der Waals surface area (Å²) in [5, 5.41) is 17.1. The van der Waals surface area contributed by atoms with E-state index in [4.69, 9.17) is 21.8 Å². The van der Waals surface area contributed by atoms with Crippen LogP contribution in [-0.2, 0) is 0 Å². The summed E-state index contributed by atoms with van der Waals surface area (Å²) in [4.78, 5) is 0. The third-order valence-electron chi connectivity index (χ3n) is 0.780. The Bertz CT molecular complexity index is 47.7. The number of hydrogen-bond acceptors (Lipinski definition) is 2. The molecule has 0 aliphatic rings. The Morgan fingerprint density at radius 2 is 2.00 bits per heavy atom. The maximum Gasteiger partial charge on any atom is 0.176 e. The third-order valence-corrected chi connectivity index (χ3v) is 1.21. The van der Waals surface area contributed by atoms with Crippen LogP contribution in [0.2, 0.25) is 0 Å². The van der Waals surface area contributed by atoms with Gasteiger partial charge in [-0.15, -0.1) is 11.6 Å². The lowest BCUT2D eigenvalue weighted by Gasteiger charge is -2.14. The number of halogens is 1. The molecular formula is C4H9ClO2. The van der Waals surface area contributed by atoms with Gasteiger partial charge in [-0.05, 0) is 6.42 Å². The predicted octanol–water partition coefficient (Wildman–Crippen LogP) is 0.316. The summed E-state index contributed by atoms with van der Waals surface area (Å²) in [7, 11) is 0. The second-order valence-electron chi connectivity index (χ2n) is 1.47. The van der Waals surface area contributed by atoms with Crippen LogP contribution < -0.4 is 0 Å². The Hall–Kier alpha value is 0.210. The number of rotatable bonds is 2. The number of aliphatic hydroxyl groups is 2. The highest BCUT2D eigenvalue weighted by Gasteiger charge is 2.16. The van der Waals surface area contributed by atoms with E-state index < -0.39 is 5.79 Å². The lowest BCUT2D eigenvalue weighted by Crippen LogP contribution is -2.28. The standard InChI is InChI=1S/C4H9ClO2/c1-2-4(6,7)3-5/h6-7H,2-3H2,1H3. The molecule has 0 aromatic heterocycles. The maximum absolute atomic E-state index is 8.56. The van der Waals surface area contributed by atoms with Crippen molar-refractivity contribution in [2.75, 3.05) is 5.88 Å². The van der Waals surface area contributed by atoms with Crippen LogP contribution in [0.25, 0.3) is 0 Å². The van der Waals surface area contributed by atoms with Crippen molar-refractivity contribution in [2.24, 2.45) is 0 Å². The molecule has 2 nitrogen and oxygen atoms in total. The molecule has 0 rings (SSSR count). The van der Waals surface area contributed by atoms with E-state index in [-0.39, 0.29) is 12.3 Å². The van der Waals surface area contributed by atoms with E-state index in [1.165, 1.54) is 0 Å². The summed E-state index contributed by atoms with van der Waals surface area (Å²) in [6.45, 7) is 1.66. The lowest BCUT2D eigenvalue weighted by atomic mass is 10.2. The molecule has 44 valence electrons. The first-order valence-corrected chi connectivity index (χ1v) is 2.66. The van der Waals surface area contributed by atoms with Gasteiger partial charge in [0.25, 0.3) is 0 Å². The van der Waals surface area contributed by atoms with E-state index >= 15 is 0 Å². The molecule has 0 bridgehead atoms. The van der Waals surface area contributed by atoms with Crippen molar-refractivity contribution in [1.82, 2.24) is 0 Å². The van der Waals surface area contributed by atoms with E-state index in [9.17, 15) is 0 Å². The van der Waals surface area contributed by atoms with Gasteiger partial charge in [0, 0.05) is 0 Å². The number of hydrogen-bond donors (Lipinski definition) is 2. The summed E-state index contributed by atoms with van der Waals surface area (Å²) in [5.41, 5.74) is 0. The highest BCUT2D eigenvalue weighted by molar-refractivity contribution is 6.18. The third kappa shape index (κ3) is 2.85. The first-order valence-electron chi connectivity index (χ1n) is 2.13. The van der Waals surface area contributed by atoms with Gasteiger partial charge in [0.15, 0.2) is 5.79 Å². The second-order valence-corrected chi connectivity index (χ2v) is 1.74. The van der Waals surface area contributed by atoms with Crippen molar-refractivity contribution in [1.29, 1.82) is 0 Å². The van der Waals surface area contributed by atoms with Gasteiger partial charge >= 0.3 is 0 Å². The summed E-state index contributed by atoms with van der Waals surface area (Å²) in [6.07, 6.45) is 0.274. The molecule has 0 aliphatic heterocycles. The highest BCUT2D eigenvalue weighted by atomic mass is 35.5. The molecule has 0 aromatic carbocycles. The van der Waals surface area contributed by atoms with Gasteiger partial charge in [-0.2, -0.15) is 0 Å². The van der Waals surface area contributed by atoms with Gasteiger partial charge in [-0.25, -0.2) is 0 Å². The molecule has 0 radical (unpaired) electrons. The summed E-state index contributed by atoms with van der Waals surface area (Å²) < 4.78 is 0. The minimum Gasteiger partial charge on any atom is -0.365 e. The molecule has 0 amide bonds. The Labute approximate surface area is 47.7 Å². The SMILES string of the molecule is CCC(O)(O)CCl. The van der Waals surface area contributed by atoms with Crippen LogP contribution in [0, 0.1) is 0 Å². The Balaban J connectivity index is 3.36. The van der Waals surface area contributed by atoms with Crippen molar-refractivity contribution in [3.63, 3.8) is 0 Å². The van der Waals surface area contributed by atoms with E-state index in [0.29, 0.717) is 0 Å². The van der Waals surface area contributed by atoms with Crippen LogP contribution in [0.15, 0.2) is 0 Å². The zero-order valence-corrected chi connectivity index (χ0v) is 4.94. The monoisotopic (exact) mass is 124 g/mol. The summed E-state index contributed by atoms with van der Waals surface area (Å²) in [6, 6.07) is 0. The minimum atomic E-state index is -1.65. The molecule has 2 N–H and O–H groups in total. The van der Waals surface area contributed by atoms with E-state index in [1.54, 1.807) is 6.92 Å². The fourth-order valence-corrected chi connectivity index (χ4v) is 0.283. The van der Waals surface area contributed by atoms with Crippen molar-refractivity contribution < 1.29 is 10.2 Å². The molecule has 0 fully saturated rings. The van der Waals surface area contributed by atoms with Crippen LogP contribution >= 0.6 is 11.6 Å². The van der Waals surface area contributed by atoms with Crippen LogP contribution in [0.5, 0.6) is 0 Å². The average Bonchev–Trinajstić information content (AvgIpc) is 1.68. The van der Waals surface area contributed by atoms with Gasteiger partial charge < -0.3 is 10.2 Å². The highest BCUT2D eigenvalue weighted by Crippen LogP contribution is 2.05. The van der Waals surface area contributed by atoms with Crippen molar-refractivity contribution in [2.45, 2.75) is 19.1 Å². The molecule has 0 spiro atoms. The minimum absolute atomic E-state index is 0.122.